The van der Waals surface area contributed by atoms with Gasteiger partial charge in [-0.3, -0.25) is 4.79 Å². The Balaban J connectivity index is 1.90. The van der Waals surface area contributed by atoms with Gasteiger partial charge in [-0.15, -0.1) is 0 Å². The molecule has 6 heteroatoms. The van der Waals surface area contributed by atoms with Crippen molar-refractivity contribution in [1.82, 2.24) is 0 Å². The van der Waals surface area contributed by atoms with Crippen LogP contribution in [-0.2, 0) is 19.5 Å². The van der Waals surface area contributed by atoms with Crippen LogP contribution in [0.1, 0.15) is 46.1 Å². The van der Waals surface area contributed by atoms with Gasteiger partial charge in [-0.05, 0) is 52.2 Å². The van der Waals surface area contributed by atoms with Crippen LogP contribution in [0.2, 0.25) is 0 Å². The van der Waals surface area contributed by atoms with Crippen LogP contribution in [0.3, 0.4) is 0 Å². The lowest BCUT2D eigenvalue weighted by Crippen LogP contribution is -2.41. The summed E-state index contributed by atoms with van der Waals surface area (Å²) in [5.41, 5.74) is -1.17. The number of carboxylic acid groups (broad SMARTS) is 1. The van der Waals surface area contributed by atoms with Crippen molar-refractivity contribution >= 4 is 18.6 Å². The number of carboxylic acids is 1. The lowest BCUT2D eigenvalue weighted by molar-refractivity contribution is -0.140. The highest BCUT2D eigenvalue weighted by Crippen LogP contribution is 2.48. The van der Waals surface area contributed by atoms with Gasteiger partial charge in [0.25, 0.3) is 0 Å². The summed E-state index contributed by atoms with van der Waals surface area (Å²) in [5, 5.41) is 9.29. The van der Waals surface area contributed by atoms with Gasteiger partial charge in [0.1, 0.15) is 5.82 Å². The van der Waals surface area contributed by atoms with E-state index in [9.17, 15) is 14.3 Å². The quantitative estimate of drug-likeness (QED) is 0.870. The van der Waals surface area contributed by atoms with E-state index in [4.69, 9.17) is 9.31 Å². The molecule has 4 nitrogen and oxygen atoms in total. The first kappa shape index (κ1) is 15.5. The highest BCUT2D eigenvalue weighted by Gasteiger charge is 2.54. The van der Waals surface area contributed by atoms with Crippen LogP contribution >= 0.6 is 0 Å². The average molecular weight is 306 g/mol. The van der Waals surface area contributed by atoms with E-state index < -0.39 is 35.5 Å². The van der Waals surface area contributed by atoms with Crippen LogP contribution in [-0.4, -0.2) is 29.4 Å². The summed E-state index contributed by atoms with van der Waals surface area (Å²) in [4.78, 5) is 11.3. The second-order valence-corrected chi connectivity index (χ2v) is 7.21. The summed E-state index contributed by atoms with van der Waals surface area (Å²) in [6.45, 7) is 7.62. The zero-order chi connectivity index (χ0) is 16.3. The summed E-state index contributed by atoms with van der Waals surface area (Å²) >= 11 is 0. The van der Waals surface area contributed by atoms with Crippen LogP contribution in [0.25, 0.3) is 0 Å². The molecule has 1 N–H and O–H groups in total. The maximum Gasteiger partial charge on any atom is 0.497 e. The number of carbonyl (C=O) groups is 1. The van der Waals surface area contributed by atoms with Gasteiger partial charge in [-0.1, -0.05) is 12.1 Å². The van der Waals surface area contributed by atoms with Crippen LogP contribution in [0.4, 0.5) is 4.39 Å². The highest BCUT2D eigenvalue weighted by atomic mass is 19.1. The number of benzene rings is 1. The van der Waals surface area contributed by atoms with Crippen molar-refractivity contribution in [3.8, 4) is 0 Å². The summed E-state index contributed by atoms with van der Waals surface area (Å²) in [6.07, 6.45) is 1.11. The normalized spacial score (nSPS) is 24.3. The summed E-state index contributed by atoms with van der Waals surface area (Å²) < 4.78 is 26.2. The van der Waals surface area contributed by atoms with E-state index in [2.05, 4.69) is 0 Å². The van der Waals surface area contributed by atoms with Crippen LogP contribution in [0.15, 0.2) is 18.2 Å². The molecule has 0 amide bonds. The SMILES string of the molecule is CC1(C)OB(c2ccc(C3(C(=O)O)CC3)cc2F)OC1(C)C. The average Bonchev–Trinajstić information content (AvgIpc) is 3.14. The number of rotatable bonds is 3. The fourth-order valence-corrected chi connectivity index (χ4v) is 2.74. The Kier molecular flexibility index (Phi) is 3.21. The molecule has 1 aliphatic carbocycles. The Labute approximate surface area is 129 Å². The number of aliphatic carboxylic acids is 1. The predicted octanol–water partition coefficient (Wildman–Crippen LogP) is 2.24. The molecule has 1 aromatic carbocycles. The molecule has 0 unspecified atom stereocenters. The van der Waals surface area contributed by atoms with Crippen LogP contribution in [0, 0.1) is 5.82 Å². The Morgan fingerprint density at radius 3 is 2.14 bits per heavy atom. The molecule has 0 atom stereocenters. The molecular formula is C16H20BFO4. The molecule has 0 bridgehead atoms. The van der Waals surface area contributed by atoms with Gasteiger partial charge in [0.2, 0.25) is 0 Å². The molecule has 1 saturated carbocycles. The Morgan fingerprint density at radius 1 is 1.18 bits per heavy atom. The third-order valence-electron chi connectivity index (χ3n) is 5.22. The van der Waals surface area contributed by atoms with Crippen LogP contribution < -0.4 is 5.46 Å². The number of hydrogen-bond donors (Lipinski definition) is 1. The molecule has 0 spiro atoms. The molecule has 1 aliphatic heterocycles. The Hall–Kier alpha value is -1.40. The van der Waals surface area contributed by atoms with E-state index in [1.807, 2.05) is 27.7 Å². The number of halogens is 1. The first-order valence-corrected chi connectivity index (χ1v) is 7.48. The summed E-state index contributed by atoms with van der Waals surface area (Å²) in [6, 6.07) is 4.56. The van der Waals surface area contributed by atoms with Crippen molar-refractivity contribution in [1.29, 1.82) is 0 Å². The van der Waals surface area contributed by atoms with E-state index in [0.717, 1.165) is 0 Å². The van der Waals surface area contributed by atoms with Crippen molar-refractivity contribution < 1.29 is 23.6 Å². The highest BCUT2D eigenvalue weighted by molar-refractivity contribution is 6.62. The van der Waals surface area contributed by atoms with E-state index >= 15 is 0 Å². The molecule has 1 saturated heterocycles. The van der Waals surface area contributed by atoms with Crippen molar-refractivity contribution in [2.24, 2.45) is 0 Å². The summed E-state index contributed by atoms with van der Waals surface area (Å²) in [7, 11) is -0.779. The van der Waals surface area contributed by atoms with Crippen molar-refractivity contribution in [2.75, 3.05) is 0 Å². The second kappa shape index (κ2) is 4.55. The number of hydrogen-bond acceptors (Lipinski definition) is 3. The maximum absolute atomic E-state index is 14.5. The van der Waals surface area contributed by atoms with Gasteiger partial charge >= 0.3 is 13.1 Å². The fourth-order valence-electron chi connectivity index (χ4n) is 2.74. The second-order valence-electron chi connectivity index (χ2n) is 7.21. The van der Waals surface area contributed by atoms with Crippen LogP contribution in [0.5, 0.6) is 0 Å². The molecule has 0 radical (unpaired) electrons. The molecular weight excluding hydrogens is 286 g/mol. The predicted molar refractivity (Wildman–Crippen MR) is 80.7 cm³/mol. The van der Waals surface area contributed by atoms with E-state index in [-0.39, 0.29) is 0 Å². The first-order chi connectivity index (χ1) is 10.1. The van der Waals surface area contributed by atoms with Gasteiger partial charge in [-0.25, -0.2) is 4.39 Å². The monoisotopic (exact) mass is 306 g/mol. The van der Waals surface area contributed by atoms with Crippen molar-refractivity contribution in [3.63, 3.8) is 0 Å². The molecule has 3 rings (SSSR count). The zero-order valence-electron chi connectivity index (χ0n) is 13.3. The van der Waals surface area contributed by atoms with E-state index in [1.165, 1.54) is 6.07 Å². The molecule has 1 aromatic rings. The minimum atomic E-state index is -0.907. The first-order valence-electron chi connectivity index (χ1n) is 7.48. The molecule has 22 heavy (non-hydrogen) atoms. The fraction of sp³-hybridized carbons (Fsp3) is 0.562. The van der Waals surface area contributed by atoms with Gasteiger partial charge in [-0.2, -0.15) is 0 Å². The molecule has 1 heterocycles. The molecule has 2 fully saturated rings. The Morgan fingerprint density at radius 2 is 1.73 bits per heavy atom. The van der Waals surface area contributed by atoms with Crippen molar-refractivity contribution in [3.05, 3.63) is 29.6 Å². The topological polar surface area (TPSA) is 55.8 Å². The summed E-state index contributed by atoms with van der Waals surface area (Å²) in [5.74, 6) is -1.38. The minimum absolute atomic E-state index is 0.309. The third-order valence-corrected chi connectivity index (χ3v) is 5.22. The van der Waals surface area contributed by atoms with E-state index in [1.54, 1.807) is 12.1 Å². The molecule has 0 aromatic heterocycles. The van der Waals surface area contributed by atoms with Gasteiger partial charge in [0, 0.05) is 5.46 Å². The van der Waals surface area contributed by atoms with Crippen molar-refractivity contribution in [2.45, 2.75) is 57.2 Å². The van der Waals surface area contributed by atoms with E-state index in [0.29, 0.717) is 23.9 Å². The molecule has 118 valence electrons. The third kappa shape index (κ3) is 2.17. The standard InChI is InChI=1S/C16H20BFO4/c1-14(2)15(3,4)22-17(21-14)11-6-5-10(9-12(11)18)16(7-8-16)13(19)20/h5-6,9H,7-8H2,1-4H3,(H,19,20). The maximum atomic E-state index is 14.5. The van der Waals surface area contributed by atoms with Gasteiger partial charge in [0.05, 0.1) is 16.6 Å². The Bertz CT molecular complexity index is 621. The lowest BCUT2D eigenvalue weighted by atomic mass is 9.77. The zero-order valence-corrected chi connectivity index (χ0v) is 13.3. The molecule has 2 aliphatic rings. The minimum Gasteiger partial charge on any atom is -0.481 e. The van der Waals surface area contributed by atoms with Gasteiger partial charge < -0.3 is 14.4 Å². The largest absolute Gasteiger partial charge is 0.497 e. The lowest BCUT2D eigenvalue weighted by Gasteiger charge is -2.32. The smallest absolute Gasteiger partial charge is 0.481 e. The van der Waals surface area contributed by atoms with Gasteiger partial charge in [0.15, 0.2) is 0 Å².